The molecular formula is C16H14ClNO2. The van der Waals surface area contributed by atoms with E-state index in [4.69, 9.17) is 16.3 Å². The zero-order chi connectivity index (χ0) is 13.9. The molecule has 1 aliphatic rings. The number of fused-ring (bicyclic) bond motifs is 1. The fourth-order valence-corrected chi connectivity index (χ4v) is 2.55. The summed E-state index contributed by atoms with van der Waals surface area (Å²) in [5.41, 5.74) is 1.41. The quantitative estimate of drug-likeness (QED) is 0.806. The van der Waals surface area contributed by atoms with Crippen LogP contribution in [0.3, 0.4) is 0 Å². The highest BCUT2D eigenvalue weighted by Gasteiger charge is 2.34. The summed E-state index contributed by atoms with van der Waals surface area (Å²) in [6, 6.07) is 16.8. The normalized spacial score (nSPS) is 17.6. The third-order valence-electron chi connectivity index (χ3n) is 3.28. The van der Waals surface area contributed by atoms with Crippen LogP contribution in [0.5, 0.6) is 5.75 Å². The number of hydrogen-bond acceptors (Lipinski definition) is 2. The molecule has 102 valence electrons. The van der Waals surface area contributed by atoms with Crippen molar-refractivity contribution in [1.82, 2.24) is 0 Å². The lowest BCUT2D eigenvalue weighted by atomic mass is 10.1. The molecular weight excluding hydrogens is 274 g/mol. The van der Waals surface area contributed by atoms with Crippen molar-refractivity contribution in [3.05, 3.63) is 60.2 Å². The average Bonchev–Trinajstić information content (AvgIpc) is 2.49. The Bertz CT molecular complexity index is 615. The van der Waals surface area contributed by atoms with Crippen LogP contribution in [0.4, 0.5) is 5.69 Å². The van der Waals surface area contributed by atoms with E-state index >= 15 is 0 Å². The monoisotopic (exact) mass is 287 g/mol. The molecule has 1 aliphatic heterocycles. The van der Waals surface area contributed by atoms with Gasteiger partial charge >= 0.3 is 0 Å². The molecule has 2 aromatic rings. The van der Waals surface area contributed by atoms with Crippen molar-refractivity contribution in [1.29, 1.82) is 0 Å². The number of halogens is 1. The van der Waals surface area contributed by atoms with E-state index in [0.717, 1.165) is 5.69 Å². The first-order chi connectivity index (χ1) is 9.81. The predicted molar refractivity (Wildman–Crippen MR) is 79.4 cm³/mol. The summed E-state index contributed by atoms with van der Waals surface area (Å²) < 4.78 is 5.93. The Hall–Kier alpha value is -2.00. The fraction of sp³-hybridized carbons (Fsp3) is 0.188. The number of anilines is 1. The van der Waals surface area contributed by atoms with Crippen LogP contribution in [0.15, 0.2) is 54.6 Å². The van der Waals surface area contributed by atoms with Gasteiger partial charge in [-0.3, -0.25) is 9.69 Å². The minimum atomic E-state index is -0.364. The van der Waals surface area contributed by atoms with Crippen molar-refractivity contribution in [3.8, 4) is 5.75 Å². The van der Waals surface area contributed by atoms with Gasteiger partial charge in [-0.05, 0) is 24.3 Å². The van der Waals surface area contributed by atoms with Gasteiger partial charge in [-0.15, -0.1) is 11.6 Å². The molecule has 1 unspecified atom stereocenters. The molecule has 0 bridgehead atoms. The first kappa shape index (κ1) is 13.0. The van der Waals surface area contributed by atoms with Crippen molar-refractivity contribution >= 4 is 23.2 Å². The lowest BCUT2D eigenvalue weighted by Crippen LogP contribution is -2.47. The molecule has 0 aliphatic carbocycles. The Kier molecular flexibility index (Phi) is 3.61. The smallest absolute Gasteiger partial charge is 0.264 e. The second kappa shape index (κ2) is 5.55. The second-order valence-corrected chi connectivity index (χ2v) is 4.93. The maximum atomic E-state index is 12.7. The largest absolute Gasteiger partial charge is 0.469 e. The van der Waals surface area contributed by atoms with Gasteiger partial charge in [0.25, 0.3) is 5.91 Å². The molecule has 1 atom stereocenters. The summed E-state index contributed by atoms with van der Waals surface area (Å²) >= 11 is 5.84. The van der Waals surface area contributed by atoms with E-state index in [-0.39, 0.29) is 12.1 Å². The van der Waals surface area contributed by atoms with E-state index in [0.29, 0.717) is 23.6 Å². The van der Waals surface area contributed by atoms with Crippen LogP contribution in [0, 0.1) is 0 Å². The molecule has 0 fully saturated rings. The summed E-state index contributed by atoms with van der Waals surface area (Å²) in [5, 5.41) is 0. The SMILES string of the molecule is O=C1c2ccccc2OC(CCCl)N1c1ccccc1. The van der Waals surface area contributed by atoms with Gasteiger partial charge in [-0.1, -0.05) is 30.3 Å². The van der Waals surface area contributed by atoms with Gasteiger partial charge < -0.3 is 4.74 Å². The minimum Gasteiger partial charge on any atom is -0.469 e. The van der Waals surface area contributed by atoms with Crippen LogP contribution in [-0.4, -0.2) is 18.0 Å². The number of amides is 1. The lowest BCUT2D eigenvalue weighted by Gasteiger charge is -2.36. The third-order valence-corrected chi connectivity index (χ3v) is 3.50. The van der Waals surface area contributed by atoms with Gasteiger partial charge in [-0.2, -0.15) is 0 Å². The van der Waals surface area contributed by atoms with Crippen molar-refractivity contribution in [2.75, 3.05) is 10.8 Å². The van der Waals surface area contributed by atoms with E-state index in [2.05, 4.69) is 0 Å². The highest BCUT2D eigenvalue weighted by Crippen LogP contribution is 2.32. The molecule has 0 saturated heterocycles. The predicted octanol–water partition coefficient (Wildman–Crippen LogP) is 3.68. The molecule has 3 rings (SSSR count). The highest BCUT2D eigenvalue weighted by molar-refractivity contribution is 6.18. The average molecular weight is 288 g/mol. The summed E-state index contributed by atoms with van der Waals surface area (Å²) in [7, 11) is 0. The zero-order valence-corrected chi connectivity index (χ0v) is 11.6. The molecule has 3 nitrogen and oxygen atoms in total. The number of carbonyl (C=O) groups excluding carboxylic acids is 1. The van der Waals surface area contributed by atoms with Crippen LogP contribution in [0.25, 0.3) is 0 Å². The van der Waals surface area contributed by atoms with Crippen LogP contribution in [-0.2, 0) is 0 Å². The number of alkyl halides is 1. The van der Waals surface area contributed by atoms with Gasteiger partial charge in [-0.25, -0.2) is 0 Å². The maximum Gasteiger partial charge on any atom is 0.264 e. The maximum absolute atomic E-state index is 12.7. The van der Waals surface area contributed by atoms with Gasteiger partial charge in [0.05, 0.1) is 5.56 Å². The van der Waals surface area contributed by atoms with Crippen molar-refractivity contribution in [2.24, 2.45) is 0 Å². The molecule has 0 aromatic heterocycles. The zero-order valence-electron chi connectivity index (χ0n) is 10.8. The van der Waals surface area contributed by atoms with Crippen molar-refractivity contribution < 1.29 is 9.53 Å². The Balaban J connectivity index is 2.05. The van der Waals surface area contributed by atoms with Gasteiger partial charge in [0.15, 0.2) is 6.23 Å². The van der Waals surface area contributed by atoms with Crippen LogP contribution >= 0.6 is 11.6 Å². The summed E-state index contributed by atoms with van der Waals surface area (Å²) in [4.78, 5) is 14.4. The number of rotatable bonds is 3. The first-order valence-electron chi connectivity index (χ1n) is 6.51. The highest BCUT2D eigenvalue weighted by atomic mass is 35.5. The van der Waals surface area contributed by atoms with E-state index in [1.807, 2.05) is 48.5 Å². The molecule has 0 radical (unpaired) electrons. The summed E-state index contributed by atoms with van der Waals surface area (Å²) in [6.45, 7) is 0. The molecule has 0 spiro atoms. The van der Waals surface area contributed by atoms with Crippen LogP contribution in [0.1, 0.15) is 16.8 Å². The fourth-order valence-electron chi connectivity index (χ4n) is 2.36. The minimum absolute atomic E-state index is 0.0480. The van der Waals surface area contributed by atoms with E-state index in [1.54, 1.807) is 11.0 Å². The van der Waals surface area contributed by atoms with Gasteiger partial charge in [0, 0.05) is 18.0 Å². The van der Waals surface area contributed by atoms with Crippen LogP contribution < -0.4 is 9.64 Å². The Morgan fingerprint density at radius 1 is 1.05 bits per heavy atom. The molecule has 1 heterocycles. The molecule has 0 N–H and O–H groups in total. The Labute approximate surface area is 122 Å². The molecule has 4 heteroatoms. The van der Waals surface area contributed by atoms with Crippen molar-refractivity contribution in [2.45, 2.75) is 12.6 Å². The topological polar surface area (TPSA) is 29.5 Å². The number of hydrogen-bond donors (Lipinski definition) is 0. The van der Waals surface area contributed by atoms with Gasteiger partial charge in [0.2, 0.25) is 0 Å². The molecule has 0 saturated carbocycles. The number of para-hydroxylation sites is 2. The number of carbonyl (C=O) groups is 1. The standard InChI is InChI=1S/C16H14ClNO2/c17-11-10-15-18(12-6-2-1-3-7-12)16(19)13-8-4-5-9-14(13)20-15/h1-9,15H,10-11H2. The second-order valence-electron chi connectivity index (χ2n) is 4.56. The van der Waals surface area contributed by atoms with E-state index < -0.39 is 0 Å². The lowest BCUT2D eigenvalue weighted by molar-refractivity contribution is 0.0854. The number of benzene rings is 2. The van der Waals surface area contributed by atoms with E-state index in [9.17, 15) is 4.79 Å². The Morgan fingerprint density at radius 2 is 1.75 bits per heavy atom. The summed E-state index contributed by atoms with van der Waals surface area (Å²) in [5.74, 6) is 1.01. The van der Waals surface area contributed by atoms with Gasteiger partial charge in [0.1, 0.15) is 5.75 Å². The third kappa shape index (κ3) is 2.25. The molecule has 1 amide bonds. The summed E-state index contributed by atoms with van der Waals surface area (Å²) in [6.07, 6.45) is 0.216. The molecule has 20 heavy (non-hydrogen) atoms. The Morgan fingerprint density at radius 3 is 2.50 bits per heavy atom. The van der Waals surface area contributed by atoms with Crippen LogP contribution in [0.2, 0.25) is 0 Å². The first-order valence-corrected chi connectivity index (χ1v) is 7.05. The number of nitrogens with zero attached hydrogens (tertiary/aromatic N) is 1. The number of ether oxygens (including phenoxy) is 1. The molecule has 2 aromatic carbocycles. The van der Waals surface area contributed by atoms with Crippen molar-refractivity contribution in [3.63, 3.8) is 0 Å². The van der Waals surface area contributed by atoms with E-state index in [1.165, 1.54) is 0 Å².